The lowest BCUT2D eigenvalue weighted by Gasteiger charge is -2.39. The highest BCUT2D eigenvalue weighted by atomic mass is 32.2. The fourth-order valence-corrected chi connectivity index (χ4v) is 3.80. The minimum Gasteiger partial charge on any atom is -0.444 e. The second-order valence-electron chi connectivity index (χ2n) is 8.70. The molecule has 0 bridgehead atoms. The molecule has 178 valence electrons. The van der Waals surface area contributed by atoms with Gasteiger partial charge in [0.1, 0.15) is 24.1 Å². The van der Waals surface area contributed by atoms with Crippen molar-refractivity contribution in [2.24, 2.45) is 5.73 Å². The zero-order valence-corrected chi connectivity index (χ0v) is 19.3. The van der Waals surface area contributed by atoms with Crippen molar-refractivity contribution in [2.75, 3.05) is 52.1 Å². The van der Waals surface area contributed by atoms with Gasteiger partial charge in [0.05, 0.1) is 18.8 Å². The molecule has 2 saturated heterocycles. The van der Waals surface area contributed by atoms with E-state index < -0.39 is 27.9 Å². The number of nitrogens with two attached hydrogens (primary N) is 1. The molecule has 2 fully saturated rings. The summed E-state index contributed by atoms with van der Waals surface area (Å²) < 4.78 is 37.4. The summed E-state index contributed by atoms with van der Waals surface area (Å²) in [6.07, 6.45) is -0.249. The van der Waals surface area contributed by atoms with Crippen LogP contribution >= 0.6 is 0 Å². The van der Waals surface area contributed by atoms with Gasteiger partial charge in [-0.3, -0.25) is 14.5 Å². The molecule has 13 heteroatoms. The van der Waals surface area contributed by atoms with Crippen LogP contribution in [0.2, 0.25) is 0 Å². The van der Waals surface area contributed by atoms with E-state index in [0.717, 1.165) is 6.26 Å². The van der Waals surface area contributed by atoms with Crippen LogP contribution in [0, 0.1) is 5.41 Å². The first kappa shape index (κ1) is 25.1. The van der Waals surface area contributed by atoms with Gasteiger partial charge in [-0.05, 0) is 27.2 Å². The number of ether oxygens (including phenoxy) is 2. The summed E-state index contributed by atoms with van der Waals surface area (Å²) in [6.45, 7) is 7.67. The molecule has 2 amide bonds. The lowest BCUT2D eigenvalue weighted by Crippen LogP contribution is -2.56. The average Bonchev–Trinajstić information content (AvgIpc) is 2.98. The maximum Gasteiger partial charge on any atom is 0.410 e. The van der Waals surface area contributed by atoms with Gasteiger partial charge >= 0.3 is 12.2 Å². The van der Waals surface area contributed by atoms with Crippen molar-refractivity contribution in [3.05, 3.63) is 0 Å². The number of nitrogens with zero attached hydrogens (tertiary/aromatic N) is 3. The van der Waals surface area contributed by atoms with Crippen LogP contribution in [0.4, 0.5) is 9.59 Å². The molecule has 2 atom stereocenters. The highest BCUT2D eigenvalue weighted by molar-refractivity contribution is 7.85. The summed E-state index contributed by atoms with van der Waals surface area (Å²) >= 11 is 0. The van der Waals surface area contributed by atoms with E-state index in [0.29, 0.717) is 39.1 Å². The fourth-order valence-electron chi connectivity index (χ4n) is 3.40. The molecule has 2 rings (SSSR count). The maximum atomic E-state index is 12.2. The van der Waals surface area contributed by atoms with Gasteiger partial charge in [-0.1, -0.05) is 0 Å². The Morgan fingerprint density at radius 3 is 2.42 bits per heavy atom. The Labute approximate surface area is 183 Å². The van der Waals surface area contributed by atoms with Crippen molar-refractivity contribution in [1.82, 2.24) is 14.7 Å². The van der Waals surface area contributed by atoms with Gasteiger partial charge in [-0.15, -0.1) is 0 Å². The minimum atomic E-state index is -3.62. The highest BCUT2D eigenvalue weighted by Gasteiger charge is 2.34. The predicted molar refractivity (Wildman–Crippen MR) is 112 cm³/mol. The Morgan fingerprint density at radius 2 is 1.90 bits per heavy atom. The third-order valence-electron chi connectivity index (χ3n) is 4.86. The molecule has 3 N–H and O–H groups in total. The molecule has 0 spiro atoms. The van der Waals surface area contributed by atoms with Crippen molar-refractivity contribution in [3.8, 4) is 0 Å². The van der Waals surface area contributed by atoms with Gasteiger partial charge < -0.3 is 25.0 Å². The zero-order chi connectivity index (χ0) is 23.4. The lowest BCUT2D eigenvalue weighted by atomic mass is 10.1. The Balaban J connectivity index is 1.84. The van der Waals surface area contributed by atoms with E-state index in [9.17, 15) is 18.0 Å². The predicted octanol–water partition coefficient (Wildman–Crippen LogP) is 0.0308. The molecule has 0 saturated carbocycles. The van der Waals surface area contributed by atoms with Crippen LogP contribution in [0.3, 0.4) is 0 Å². The fraction of sp³-hybridized carbons (Fsp3) is 0.833. The number of hydrogen-bond acceptors (Lipinski definition) is 9. The van der Waals surface area contributed by atoms with Crippen molar-refractivity contribution in [3.63, 3.8) is 0 Å². The number of amides is 2. The summed E-state index contributed by atoms with van der Waals surface area (Å²) in [4.78, 5) is 29.3. The molecule has 0 aliphatic carbocycles. The molecule has 31 heavy (non-hydrogen) atoms. The number of nitrogens with one attached hydrogen (secondary N) is 1. The summed E-state index contributed by atoms with van der Waals surface area (Å²) in [7, 11) is -3.62. The molecule has 0 radical (unpaired) electrons. The first-order chi connectivity index (χ1) is 14.2. The van der Waals surface area contributed by atoms with E-state index in [1.54, 1.807) is 4.90 Å². The first-order valence-corrected chi connectivity index (χ1v) is 11.9. The maximum absolute atomic E-state index is 12.2. The average molecular weight is 464 g/mol. The van der Waals surface area contributed by atoms with Crippen LogP contribution in [0.15, 0.2) is 0 Å². The smallest absolute Gasteiger partial charge is 0.410 e. The third-order valence-corrected chi connectivity index (χ3v) is 5.42. The molecule has 2 unspecified atom stereocenters. The normalized spacial score (nSPS) is 21.7. The second kappa shape index (κ2) is 10.0. The van der Waals surface area contributed by atoms with Gasteiger partial charge in [-0.25, -0.2) is 9.59 Å². The van der Waals surface area contributed by atoms with Crippen LogP contribution in [-0.2, 0) is 23.8 Å². The monoisotopic (exact) mass is 463 g/mol. The Kier molecular flexibility index (Phi) is 8.11. The molecule has 12 nitrogen and oxygen atoms in total. The number of carbonyl (C=O) groups excluding carboxylic acids is 2. The molecule has 2 heterocycles. The number of rotatable bonds is 8. The van der Waals surface area contributed by atoms with E-state index in [2.05, 4.69) is 0 Å². The van der Waals surface area contributed by atoms with E-state index in [-0.39, 0.29) is 31.1 Å². The highest BCUT2D eigenvalue weighted by Crippen LogP contribution is 2.17. The van der Waals surface area contributed by atoms with Gasteiger partial charge in [-0.2, -0.15) is 8.42 Å². The summed E-state index contributed by atoms with van der Waals surface area (Å²) in [5.74, 6) is -0.0183. The van der Waals surface area contributed by atoms with Crippen molar-refractivity contribution < 1.29 is 31.7 Å². The van der Waals surface area contributed by atoms with Gasteiger partial charge in [0.25, 0.3) is 10.1 Å². The standard InChI is InChI=1S/C18H33N5O7S/c1-18(2,3)30-17(25)22-9-7-21(8-10-22)14(15(19)20)5-6-23-11-13(29-16(23)24)12-28-31(4,26)27/h13-14H,5-12H2,1-4H3,(H3,19,20). The van der Waals surface area contributed by atoms with Crippen molar-refractivity contribution >= 4 is 28.1 Å². The molecular formula is C18H33N5O7S. The van der Waals surface area contributed by atoms with Gasteiger partial charge in [0.15, 0.2) is 0 Å². The van der Waals surface area contributed by atoms with Gasteiger partial charge in [0.2, 0.25) is 0 Å². The van der Waals surface area contributed by atoms with Crippen molar-refractivity contribution in [1.29, 1.82) is 5.41 Å². The van der Waals surface area contributed by atoms with E-state index in [4.69, 9.17) is 24.8 Å². The number of amidine groups is 1. The quantitative estimate of drug-likeness (QED) is 0.288. The van der Waals surface area contributed by atoms with Crippen LogP contribution in [0.5, 0.6) is 0 Å². The molecule has 0 aromatic rings. The van der Waals surface area contributed by atoms with E-state index in [1.165, 1.54) is 4.90 Å². The number of carbonyl (C=O) groups is 2. The van der Waals surface area contributed by atoms with Crippen LogP contribution in [-0.4, -0.2) is 111 Å². The van der Waals surface area contributed by atoms with Gasteiger partial charge in [0, 0.05) is 32.7 Å². The molecule has 2 aliphatic rings. The number of cyclic esters (lactones) is 1. The molecule has 0 aromatic heterocycles. The largest absolute Gasteiger partial charge is 0.444 e. The Hall–Kier alpha value is -2.12. The van der Waals surface area contributed by atoms with E-state index >= 15 is 0 Å². The second-order valence-corrected chi connectivity index (χ2v) is 10.3. The third kappa shape index (κ3) is 8.15. The lowest BCUT2D eigenvalue weighted by molar-refractivity contribution is 0.0124. The minimum absolute atomic E-state index is 0.0183. The zero-order valence-electron chi connectivity index (χ0n) is 18.5. The number of hydrogen-bond donors (Lipinski definition) is 2. The SMILES string of the molecule is CC(C)(C)OC(=O)N1CCN(C(CCN2CC(COS(C)(=O)=O)OC2=O)C(=N)N)CC1. The molecular weight excluding hydrogens is 430 g/mol. The van der Waals surface area contributed by atoms with Crippen LogP contribution in [0.25, 0.3) is 0 Å². The van der Waals surface area contributed by atoms with Crippen molar-refractivity contribution in [2.45, 2.75) is 44.9 Å². The Bertz CT molecular complexity index is 775. The summed E-state index contributed by atoms with van der Waals surface area (Å²) in [6, 6.07) is -0.389. The summed E-state index contributed by atoms with van der Waals surface area (Å²) in [5, 5.41) is 7.95. The summed E-state index contributed by atoms with van der Waals surface area (Å²) in [5.41, 5.74) is 5.24. The van der Waals surface area contributed by atoms with Crippen LogP contribution < -0.4 is 5.73 Å². The molecule has 2 aliphatic heterocycles. The number of piperazine rings is 1. The molecule has 0 aromatic carbocycles. The van der Waals surface area contributed by atoms with Crippen LogP contribution in [0.1, 0.15) is 27.2 Å². The van der Waals surface area contributed by atoms with E-state index in [1.807, 2.05) is 25.7 Å². The first-order valence-electron chi connectivity index (χ1n) is 10.1. The Morgan fingerprint density at radius 1 is 1.29 bits per heavy atom. The topological polar surface area (TPSA) is 156 Å².